The fourth-order valence-corrected chi connectivity index (χ4v) is 2.35. The molecule has 2 atom stereocenters. The Bertz CT molecular complexity index is 340. The highest BCUT2D eigenvalue weighted by Gasteiger charge is 2.25. The van der Waals surface area contributed by atoms with Crippen LogP contribution >= 0.6 is 11.6 Å². The molecule has 76 valence electrons. The molecule has 2 unspecified atom stereocenters. The second-order valence-electron chi connectivity index (χ2n) is 3.91. The molecule has 1 aliphatic rings. The Kier molecular flexibility index (Phi) is 2.66. The van der Waals surface area contributed by atoms with Crippen LogP contribution in [0.3, 0.4) is 0 Å². The Morgan fingerprint density at radius 3 is 2.71 bits per heavy atom. The Labute approximate surface area is 88.7 Å². The summed E-state index contributed by atoms with van der Waals surface area (Å²) >= 11 is 5.85. The highest BCUT2D eigenvalue weighted by atomic mass is 35.5. The van der Waals surface area contributed by atoms with E-state index < -0.39 is 0 Å². The molecular formula is C11H14ClNO. The molecule has 0 aliphatic heterocycles. The summed E-state index contributed by atoms with van der Waals surface area (Å²) in [5.41, 5.74) is 7.14. The predicted octanol–water partition coefficient (Wildman–Crippen LogP) is 2.64. The van der Waals surface area contributed by atoms with Crippen molar-refractivity contribution in [2.75, 3.05) is 0 Å². The van der Waals surface area contributed by atoms with Gasteiger partial charge in [0.1, 0.15) is 5.75 Å². The first-order valence-electron chi connectivity index (χ1n) is 4.92. The minimum Gasteiger partial charge on any atom is -0.506 e. The van der Waals surface area contributed by atoms with Crippen LogP contribution in [0.25, 0.3) is 0 Å². The lowest BCUT2D eigenvalue weighted by Gasteiger charge is -2.16. The van der Waals surface area contributed by atoms with Crippen LogP contribution in [0, 0.1) is 0 Å². The van der Waals surface area contributed by atoms with E-state index in [9.17, 15) is 5.11 Å². The van der Waals surface area contributed by atoms with Crippen LogP contribution in [0.4, 0.5) is 0 Å². The van der Waals surface area contributed by atoms with Crippen molar-refractivity contribution < 1.29 is 5.11 Å². The van der Waals surface area contributed by atoms with Crippen LogP contribution in [-0.2, 0) is 0 Å². The van der Waals surface area contributed by atoms with Crippen molar-refractivity contribution in [3.63, 3.8) is 0 Å². The summed E-state index contributed by atoms with van der Waals surface area (Å²) < 4.78 is 0. The lowest BCUT2D eigenvalue weighted by atomic mass is 9.94. The second-order valence-corrected chi connectivity index (χ2v) is 4.32. The van der Waals surface area contributed by atoms with E-state index in [2.05, 4.69) is 0 Å². The third-order valence-corrected chi connectivity index (χ3v) is 3.27. The summed E-state index contributed by atoms with van der Waals surface area (Å²) in [5.74, 6) is 0.551. The van der Waals surface area contributed by atoms with E-state index in [0.29, 0.717) is 10.9 Å². The van der Waals surface area contributed by atoms with Crippen LogP contribution in [0.1, 0.15) is 30.7 Å². The molecule has 1 aliphatic carbocycles. The van der Waals surface area contributed by atoms with Gasteiger partial charge in [0, 0.05) is 6.04 Å². The maximum Gasteiger partial charge on any atom is 0.134 e. The van der Waals surface area contributed by atoms with E-state index in [1.165, 1.54) is 6.42 Å². The topological polar surface area (TPSA) is 46.2 Å². The van der Waals surface area contributed by atoms with Gasteiger partial charge in [-0.15, -0.1) is 0 Å². The monoisotopic (exact) mass is 211 g/mol. The molecule has 1 saturated carbocycles. The molecular weight excluding hydrogens is 198 g/mol. The number of rotatable bonds is 1. The third kappa shape index (κ3) is 1.72. The maximum atomic E-state index is 9.29. The van der Waals surface area contributed by atoms with Crippen molar-refractivity contribution in [2.45, 2.75) is 31.2 Å². The predicted molar refractivity (Wildman–Crippen MR) is 57.7 cm³/mol. The first-order valence-corrected chi connectivity index (χ1v) is 5.30. The molecule has 0 radical (unpaired) electrons. The lowest BCUT2D eigenvalue weighted by molar-refractivity contribution is 0.475. The molecule has 1 aromatic rings. The molecule has 0 heterocycles. The Morgan fingerprint density at radius 2 is 2.14 bits per heavy atom. The van der Waals surface area contributed by atoms with E-state index in [1.807, 2.05) is 12.1 Å². The molecule has 0 amide bonds. The number of aromatic hydroxyl groups is 1. The van der Waals surface area contributed by atoms with Crippen LogP contribution < -0.4 is 5.73 Å². The number of phenols is 1. The zero-order chi connectivity index (χ0) is 10.1. The average Bonchev–Trinajstić information content (AvgIpc) is 2.57. The molecule has 3 heteroatoms. The zero-order valence-electron chi connectivity index (χ0n) is 7.91. The number of hydrogen-bond acceptors (Lipinski definition) is 2. The van der Waals surface area contributed by atoms with Crippen molar-refractivity contribution in [2.24, 2.45) is 5.73 Å². The molecule has 3 N–H and O–H groups in total. The van der Waals surface area contributed by atoms with E-state index in [4.69, 9.17) is 17.3 Å². The van der Waals surface area contributed by atoms with Gasteiger partial charge >= 0.3 is 0 Å². The fourth-order valence-electron chi connectivity index (χ4n) is 2.16. The second kappa shape index (κ2) is 3.79. The number of benzene rings is 1. The van der Waals surface area contributed by atoms with Gasteiger partial charge in [-0.1, -0.05) is 24.1 Å². The lowest BCUT2D eigenvalue weighted by Crippen LogP contribution is -2.22. The van der Waals surface area contributed by atoms with Gasteiger partial charge in [0.05, 0.1) is 5.02 Å². The molecule has 0 bridgehead atoms. The standard InChI is InChI=1S/C11H14ClNO/c12-9-6-7(4-5-11(9)14)8-2-1-3-10(8)13/h4-6,8,10,14H,1-3,13H2. The van der Waals surface area contributed by atoms with E-state index in [-0.39, 0.29) is 11.8 Å². The van der Waals surface area contributed by atoms with Gasteiger partial charge in [-0.2, -0.15) is 0 Å². The molecule has 2 nitrogen and oxygen atoms in total. The van der Waals surface area contributed by atoms with E-state index in [0.717, 1.165) is 18.4 Å². The van der Waals surface area contributed by atoms with Gasteiger partial charge in [0.25, 0.3) is 0 Å². The minimum absolute atomic E-state index is 0.141. The van der Waals surface area contributed by atoms with Crippen molar-refractivity contribution in [1.82, 2.24) is 0 Å². The smallest absolute Gasteiger partial charge is 0.134 e. The van der Waals surface area contributed by atoms with E-state index >= 15 is 0 Å². The first-order chi connectivity index (χ1) is 6.68. The Hall–Kier alpha value is -0.730. The molecule has 0 saturated heterocycles. The van der Waals surface area contributed by atoms with Gasteiger partial charge in [-0.3, -0.25) is 0 Å². The summed E-state index contributed by atoms with van der Waals surface area (Å²) in [5, 5.41) is 9.71. The third-order valence-electron chi connectivity index (χ3n) is 2.97. The van der Waals surface area contributed by atoms with Crippen molar-refractivity contribution >= 4 is 11.6 Å². The quantitative estimate of drug-likeness (QED) is 0.750. The molecule has 1 fully saturated rings. The summed E-state index contributed by atoms with van der Waals surface area (Å²) in [6, 6.07) is 5.63. The fraction of sp³-hybridized carbons (Fsp3) is 0.455. The van der Waals surface area contributed by atoms with Crippen molar-refractivity contribution in [1.29, 1.82) is 0 Å². The van der Waals surface area contributed by atoms with Crippen molar-refractivity contribution in [3.05, 3.63) is 28.8 Å². The Balaban J connectivity index is 2.28. The molecule has 2 rings (SSSR count). The van der Waals surface area contributed by atoms with Gasteiger partial charge in [-0.05, 0) is 36.5 Å². The number of nitrogens with two attached hydrogens (primary N) is 1. The normalized spacial score (nSPS) is 26.7. The highest BCUT2D eigenvalue weighted by molar-refractivity contribution is 6.32. The molecule has 0 spiro atoms. The van der Waals surface area contributed by atoms with Crippen LogP contribution in [0.5, 0.6) is 5.75 Å². The summed E-state index contributed by atoms with van der Waals surface area (Å²) in [7, 11) is 0. The average molecular weight is 212 g/mol. The van der Waals surface area contributed by atoms with Gasteiger partial charge in [-0.25, -0.2) is 0 Å². The zero-order valence-corrected chi connectivity index (χ0v) is 8.67. The summed E-state index contributed by atoms with van der Waals surface area (Å²) in [6.45, 7) is 0. The van der Waals surface area contributed by atoms with Crippen LogP contribution in [0.15, 0.2) is 18.2 Å². The van der Waals surface area contributed by atoms with Crippen LogP contribution in [-0.4, -0.2) is 11.1 Å². The number of phenolic OH excluding ortho intramolecular Hbond substituents is 1. The maximum absolute atomic E-state index is 9.29. The summed E-state index contributed by atoms with van der Waals surface area (Å²) in [6.07, 6.45) is 3.40. The van der Waals surface area contributed by atoms with Gasteiger partial charge < -0.3 is 10.8 Å². The number of hydrogen-bond donors (Lipinski definition) is 2. The van der Waals surface area contributed by atoms with Gasteiger partial charge in [0.15, 0.2) is 0 Å². The number of halogens is 1. The molecule has 14 heavy (non-hydrogen) atoms. The molecule has 1 aromatic carbocycles. The van der Waals surface area contributed by atoms with E-state index in [1.54, 1.807) is 6.07 Å². The summed E-state index contributed by atoms with van der Waals surface area (Å²) in [4.78, 5) is 0. The molecule has 0 aromatic heterocycles. The largest absolute Gasteiger partial charge is 0.506 e. The first kappa shape index (κ1) is 9.81. The van der Waals surface area contributed by atoms with Crippen molar-refractivity contribution in [3.8, 4) is 5.75 Å². The Morgan fingerprint density at radius 1 is 1.36 bits per heavy atom. The minimum atomic E-state index is 0.141. The van der Waals surface area contributed by atoms with Crippen LogP contribution in [0.2, 0.25) is 5.02 Å². The SMILES string of the molecule is NC1CCCC1c1ccc(O)c(Cl)c1. The van der Waals surface area contributed by atoms with Gasteiger partial charge in [0.2, 0.25) is 0 Å². The highest BCUT2D eigenvalue weighted by Crippen LogP contribution is 2.36.